The van der Waals surface area contributed by atoms with E-state index in [1.807, 2.05) is 7.05 Å². The lowest BCUT2D eigenvalue weighted by molar-refractivity contribution is -0.138. The van der Waals surface area contributed by atoms with Gasteiger partial charge in [-0.1, -0.05) is 0 Å². The summed E-state index contributed by atoms with van der Waals surface area (Å²) < 4.78 is 45.2. The van der Waals surface area contributed by atoms with E-state index in [0.717, 1.165) is 25.1 Å². The van der Waals surface area contributed by atoms with Crippen molar-refractivity contribution in [2.75, 3.05) is 29.9 Å². The largest absolute Gasteiger partial charge is 0.416 e. The molecule has 0 radical (unpaired) electrons. The van der Waals surface area contributed by atoms with Crippen LogP contribution in [0.2, 0.25) is 0 Å². The van der Waals surface area contributed by atoms with E-state index in [1.54, 1.807) is 54.5 Å². The van der Waals surface area contributed by atoms with Crippen LogP contribution >= 0.6 is 0 Å². The number of carbonyl (C=O) groups excluding carboxylic acids is 1. The summed E-state index contributed by atoms with van der Waals surface area (Å²) in [6, 6.07) is 10.2. The van der Waals surface area contributed by atoms with Gasteiger partial charge in [-0.25, -0.2) is 4.98 Å². The Bertz CT molecular complexity index is 1870. The van der Waals surface area contributed by atoms with Gasteiger partial charge < -0.3 is 9.88 Å². The van der Waals surface area contributed by atoms with Crippen molar-refractivity contribution in [1.29, 1.82) is 5.26 Å². The first-order valence-electron chi connectivity index (χ1n) is 15.3. The summed E-state index contributed by atoms with van der Waals surface area (Å²) in [7, 11) is 1.81. The van der Waals surface area contributed by atoms with Crippen LogP contribution in [-0.4, -0.2) is 55.2 Å². The van der Waals surface area contributed by atoms with Gasteiger partial charge in [-0.05, 0) is 85.2 Å². The number of halogens is 3. The fourth-order valence-electron chi connectivity index (χ4n) is 6.55. The maximum atomic E-state index is 14.5. The van der Waals surface area contributed by atoms with E-state index in [9.17, 15) is 23.2 Å². The van der Waals surface area contributed by atoms with E-state index in [2.05, 4.69) is 36.5 Å². The summed E-state index contributed by atoms with van der Waals surface area (Å²) in [5, 5.41) is 20.7. The molecule has 2 fully saturated rings. The van der Waals surface area contributed by atoms with Gasteiger partial charge in [-0.3, -0.25) is 19.6 Å². The maximum absolute atomic E-state index is 14.5. The van der Waals surface area contributed by atoms with Crippen LogP contribution in [0, 0.1) is 22.7 Å². The van der Waals surface area contributed by atoms with Gasteiger partial charge >= 0.3 is 6.18 Å². The van der Waals surface area contributed by atoms with E-state index >= 15 is 0 Å². The van der Waals surface area contributed by atoms with Crippen molar-refractivity contribution in [1.82, 2.24) is 29.6 Å². The average Bonchev–Trinajstić information content (AvgIpc) is 3.29. The number of nitrogens with zero attached hydrogens (tertiary/aromatic N) is 8. The molecule has 1 amide bonds. The molecule has 0 bridgehead atoms. The van der Waals surface area contributed by atoms with Crippen LogP contribution in [0.4, 0.5) is 24.8 Å². The zero-order chi connectivity index (χ0) is 32.2. The maximum Gasteiger partial charge on any atom is 0.416 e. The third kappa shape index (κ3) is 5.58. The van der Waals surface area contributed by atoms with Gasteiger partial charge in [0.2, 0.25) is 0 Å². The fourth-order valence-corrected chi connectivity index (χ4v) is 6.55. The SMILES string of the molecule is C[C@@H](C#N)CNc1cc(-c2cnccc2-c2nncn2C)cc(N2Cc3c(cc(CN4CCC5(CC5)C4)cc3C(F)(F)F)C2=O)n1. The highest BCUT2D eigenvalue weighted by atomic mass is 19.4. The zero-order valence-corrected chi connectivity index (χ0v) is 25.5. The Morgan fingerprint density at radius 3 is 2.65 bits per heavy atom. The monoisotopic (exact) mass is 627 g/mol. The number of rotatable bonds is 8. The van der Waals surface area contributed by atoms with Crippen molar-refractivity contribution >= 4 is 17.5 Å². The van der Waals surface area contributed by atoms with E-state index in [1.165, 1.54) is 23.8 Å². The molecule has 46 heavy (non-hydrogen) atoms. The lowest BCUT2D eigenvalue weighted by Gasteiger charge is -2.19. The summed E-state index contributed by atoms with van der Waals surface area (Å²) in [5.41, 5.74) is 2.03. The molecule has 1 aliphatic carbocycles. The number of likely N-dealkylation sites (tertiary alicyclic amines) is 1. The quantitative estimate of drug-likeness (QED) is 0.266. The summed E-state index contributed by atoms with van der Waals surface area (Å²) in [6.45, 7) is 3.87. The molecule has 2 aliphatic heterocycles. The number of hydrogen-bond acceptors (Lipinski definition) is 8. The molecule has 1 spiro atoms. The van der Waals surface area contributed by atoms with Gasteiger partial charge in [-0.2, -0.15) is 18.4 Å². The summed E-state index contributed by atoms with van der Waals surface area (Å²) in [6.07, 6.45) is 3.65. The molecule has 1 N–H and O–H groups in total. The zero-order valence-electron chi connectivity index (χ0n) is 25.5. The first kappa shape index (κ1) is 29.9. The highest BCUT2D eigenvalue weighted by Gasteiger charge is 2.47. The van der Waals surface area contributed by atoms with Crippen LogP contribution in [0.15, 0.2) is 49.1 Å². The Balaban J connectivity index is 1.28. The first-order valence-corrected chi connectivity index (χ1v) is 15.3. The molecule has 1 saturated carbocycles. The van der Waals surface area contributed by atoms with E-state index in [4.69, 9.17) is 0 Å². The minimum absolute atomic E-state index is 0.0473. The second-order valence-corrected chi connectivity index (χ2v) is 12.7. The lowest BCUT2D eigenvalue weighted by atomic mass is 9.98. The normalized spacial score (nSPS) is 17.7. The number of anilines is 2. The average molecular weight is 628 g/mol. The van der Waals surface area contributed by atoms with Crippen LogP contribution in [-0.2, 0) is 26.3 Å². The number of pyridine rings is 2. The standard InChI is InChI=1S/C33H32F3N9O/c1-20(13-37)14-39-28-11-22(25-15-38-7-3-23(25)30-42-40-19-43(30)2)12-29(41-28)45-17-26-24(31(45)46)9-21(10-27(26)33(34,35)36)16-44-8-6-32(18-44)4-5-32/h3,7,9-12,15,19-20H,4-6,8,14,16-18H2,1-2H3,(H,39,41)/t20-/m0/s1. The third-order valence-electron chi connectivity index (χ3n) is 9.27. The van der Waals surface area contributed by atoms with Crippen molar-refractivity contribution < 1.29 is 18.0 Å². The molecular formula is C33H32F3N9O. The number of alkyl halides is 3. The Hall–Kier alpha value is -4.83. The summed E-state index contributed by atoms with van der Waals surface area (Å²) in [5.74, 6) is 0.260. The molecule has 10 nitrogen and oxygen atoms in total. The number of nitrogens with one attached hydrogen (secondary N) is 1. The molecule has 1 atom stereocenters. The Morgan fingerprint density at radius 2 is 1.96 bits per heavy atom. The highest BCUT2D eigenvalue weighted by molar-refractivity contribution is 6.10. The van der Waals surface area contributed by atoms with Crippen molar-refractivity contribution in [2.45, 2.75) is 45.5 Å². The molecule has 5 heterocycles. The Labute approximate surface area is 263 Å². The van der Waals surface area contributed by atoms with E-state index in [-0.39, 0.29) is 36.0 Å². The molecule has 7 rings (SSSR count). The second kappa shape index (κ2) is 11.2. The molecular weight excluding hydrogens is 595 g/mol. The van der Waals surface area contributed by atoms with E-state index in [0.29, 0.717) is 40.3 Å². The molecule has 1 saturated heterocycles. The molecule has 236 valence electrons. The summed E-state index contributed by atoms with van der Waals surface area (Å²) >= 11 is 0. The number of fused-ring (bicyclic) bond motifs is 1. The van der Waals surface area contributed by atoms with Gasteiger partial charge in [0.15, 0.2) is 5.82 Å². The highest BCUT2D eigenvalue weighted by Crippen LogP contribution is 2.53. The second-order valence-electron chi connectivity index (χ2n) is 12.7. The van der Waals surface area contributed by atoms with Gasteiger partial charge in [0.25, 0.3) is 5.91 Å². The predicted molar refractivity (Wildman–Crippen MR) is 164 cm³/mol. The Kier molecular flexibility index (Phi) is 7.27. The van der Waals surface area contributed by atoms with Crippen molar-refractivity contribution in [3.05, 3.63) is 71.3 Å². The number of aromatic nitrogens is 5. The van der Waals surface area contributed by atoms with Crippen molar-refractivity contribution in [3.63, 3.8) is 0 Å². The molecule has 4 aromatic rings. The number of hydrogen-bond donors (Lipinski definition) is 1. The molecule has 13 heteroatoms. The van der Waals surface area contributed by atoms with Gasteiger partial charge in [-0.15, -0.1) is 10.2 Å². The molecule has 1 aromatic carbocycles. The number of nitriles is 1. The van der Waals surface area contributed by atoms with Crippen LogP contribution in [0.25, 0.3) is 22.5 Å². The number of aryl methyl sites for hydroxylation is 1. The first-order chi connectivity index (χ1) is 22.0. The summed E-state index contributed by atoms with van der Waals surface area (Å²) in [4.78, 5) is 26.4. The molecule has 3 aromatic heterocycles. The van der Waals surface area contributed by atoms with E-state index < -0.39 is 17.6 Å². The topological polar surface area (TPSA) is 116 Å². The van der Waals surface area contributed by atoms with Gasteiger partial charge in [0, 0.05) is 55.8 Å². The van der Waals surface area contributed by atoms with Crippen molar-refractivity contribution in [2.24, 2.45) is 18.4 Å². The van der Waals surface area contributed by atoms with Gasteiger partial charge in [0.05, 0.1) is 24.1 Å². The minimum Gasteiger partial charge on any atom is -0.369 e. The predicted octanol–water partition coefficient (Wildman–Crippen LogP) is 5.68. The van der Waals surface area contributed by atoms with Crippen LogP contribution in [0.5, 0.6) is 0 Å². The number of benzene rings is 1. The van der Waals surface area contributed by atoms with Crippen LogP contribution < -0.4 is 10.2 Å². The molecule has 3 aliphatic rings. The van der Waals surface area contributed by atoms with Crippen LogP contribution in [0.1, 0.15) is 53.2 Å². The third-order valence-corrected chi connectivity index (χ3v) is 9.27. The number of amides is 1. The smallest absolute Gasteiger partial charge is 0.369 e. The Morgan fingerprint density at radius 1 is 1.13 bits per heavy atom. The molecule has 0 unspecified atom stereocenters. The number of carbonyl (C=O) groups is 1. The van der Waals surface area contributed by atoms with Crippen molar-refractivity contribution in [3.8, 4) is 28.6 Å². The van der Waals surface area contributed by atoms with Crippen LogP contribution in [0.3, 0.4) is 0 Å². The lowest BCUT2D eigenvalue weighted by Crippen LogP contribution is -2.25. The minimum atomic E-state index is -4.63. The van der Waals surface area contributed by atoms with Gasteiger partial charge in [0.1, 0.15) is 18.0 Å². The fraction of sp³-hybridized carbons (Fsp3) is 0.394.